The molecule has 0 spiro atoms. The molecule has 2 rings (SSSR count). The molecule has 3 nitrogen and oxygen atoms in total. The number of rotatable bonds is 6. The predicted molar refractivity (Wildman–Crippen MR) is 88.7 cm³/mol. The molecule has 1 aliphatic heterocycles. The molecule has 1 N–H and O–H groups in total. The van der Waals surface area contributed by atoms with E-state index in [4.69, 9.17) is 4.74 Å². The van der Waals surface area contributed by atoms with Crippen LogP contribution in [-0.4, -0.2) is 43.3 Å². The maximum absolute atomic E-state index is 5.51. The fraction of sp³-hybridized carbons (Fsp3) is 0.667. The Hall–Kier alpha value is -0.900. The lowest BCUT2D eigenvalue weighted by Crippen LogP contribution is -2.56. The van der Waals surface area contributed by atoms with E-state index in [9.17, 15) is 0 Å². The summed E-state index contributed by atoms with van der Waals surface area (Å²) >= 11 is 0. The van der Waals surface area contributed by atoms with Gasteiger partial charge in [0.15, 0.2) is 0 Å². The summed E-state index contributed by atoms with van der Waals surface area (Å²) in [7, 11) is 0. The smallest absolute Gasteiger partial charge is 0.0594 e. The third kappa shape index (κ3) is 3.85. The summed E-state index contributed by atoms with van der Waals surface area (Å²) in [6.07, 6.45) is 1.09. The summed E-state index contributed by atoms with van der Waals surface area (Å²) in [6, 6.07) is 9.36. The van der Waals surface area contributed by atoms with Crippen LogP contribution in [0.25, 0.3) is 0 Å². The quantitative estimate of drug-likeness (QED) is 0.871. The van der Waals surface area contributed by atoms with Crippen LogP contribution in [-0.2, 0) is 11.2 Å². The van der Waals surface area contributed by atoms with Crippen LogP contribution in [0.3, 0.4) is 0 Å². The zero-order chi connectivity index (χ0) is 15.3. The number of hydrogen-bond donors (Lipinski definition) is 1. The number of morpholine rings is 1. The second kappa shape index (κ2) is 7.39. The Bertz CT molecular complexity index is 439. The number of hydrogen-bond acceptors (Lipinski definition) is 3. The number of likely N-dealkylation sites (N-methyl/N-ethyl adjacent to an activating group) is 1. The van der Waals surface area contributed by atoms with E-state index in [1.165, 1.54) is 11.1 Å². The first-order valence-corrected chi connectivity index (χ1v) is 8.24. The van der Waals surface area contributed by atoms with Crippen LogP contribution in [0.2, 0.25) is 0 Å². The van der Waals surface area contributed by atoms with Crippen LogP contribution in [0.4, 0.5) is 0 Å². The zero-order valence-corrected chi connectivity index (χ0v) is 14.0. The van der Waals surface area contributed by atoms with Gasteiger partial charge in [-0.3, -0.25) is 4.90 Å². The van der Waals surface area contributed by atoms with Crippen LogP contribution < -0.4 is 5.32 Å². The molecule has 3 heteroatoms. The molecule has 0 radical (unpaired) electrons. The molecular formula is C18H30N2O. The van der Waals surface area contributed by atoms with Gasteiger partial charge in [0.1, 0.15) is 0 Å². The standard InChI is InChI=1S/C18H30N2O/c1-5-15-8-7-9-16(14-15)17(19-6-2)18(3,4)20-10-12-21-13-11-20/h7-9,14,17,19H,5-6,10-13H2,1-4H3. The molecule has 1 aromatic carbocycles. The van der Waals surface area contributed by atoms with Gasteiger partial charge in [-0.15, -0.1) is 0 Å². The largest absolute Gasteiger partial charge is 0.379 e. The van der Waals surface area contributed by atoms with Crippen LogP contribution in [0.5, 0.6) is 0 Å². The average molecular weight is 290 g/mol. The molecule has 1 atom stereocenters. The topological polar surface area (TPSA) is 24.5 Å². The summed E-state index contributed by atoms with van der Waals surface area (Å²) in [6.45, 7) is 13.8. The van der Waals surface area contributed by atoms with Gasteiger partial charge in [-0.2, -0.15) is 0 Å². The minimum absolute atomic E-state index is 0.0756. The molecule has 0 amide bonds. The van der Waals surface area contributed by atoms with E-state index >= 15 is 0 Å². The Morgan fingerprint density at radius 2 is 1.95 bits per heavy atom. The molecule has 1 saturated heterocycles. The zero-order valence-electron chi connectivity index (χ0n) is 14.0. The third-order valence-electron chi connectivity index (χ3n) is 4.63. The van der Waals surface area contributed by atoms with Gasteiger partial charge in [0.05, 0.1) is 19.3 Å². The average Bonchev–Trinajstić information content (AvgIpc) is 2.53. The Morgan fingerprint density at radius 3 is 2.57 bits per heavy atom. The number of nitrogens with one attached hydrogen (secondary N) is 1. The molecule has 1 aliphatic rings. The van der Waals surface area contributed by atoms with Crippen LogP contribution >= 0.6 is 0 Å². The molecule has 1 aromatic rings. The molecule has 1 heterocycles. The van der Waals surface area contributed by atoms with Crippen molar-refractivity contribution in [3.63, 3.8) is 0 Å². The van der Waals surface area contributed by atoms with Crippen molar-refractivity contribution in [2.24, 2.45) is 0 Å². The maximum Gasteiger partial charge on any atom is 0.0594 e. The van der Waals surface area contributed by atoms with Crippen molar-refractivity contribution in [1.82, 2.24) is 10.2 Å². The Balaban J connectivity index is 2.27. The van der Waals surface area contributed by atoms with E-state index in [2.05, 4.69) is 62.2 Å². The normalized spacial score (nSPS) is 18.7. The molecule has 1 unspecified atom stereocenters. The lowest BCUT2D eigenvalue weighted by Gasteiger charge is -2.46. The second-order valence-electron chi connectivity index (χ2n) is 6.34. The molecule has 118 valence electrons. The van der Waals surface area contributed by atoms with Crippen molar-refractivity contribution < 1.29 is 4.74 Å². The molecule has 1 fully saturated rings. The molecule has 21 heavy (non-hydrogen) atoms. The van der Waals surface area contributed by atoms with Crippen molar-refractivity contribution >= 4 is 0 Å². The molecule has 0 aromatic heterocycles. The van der Waals surface area contributed by atoms with Crippen molar-refractivity contribution in [2.75, 3.05) is 32.8 Å². The van der Waals surface area contributed by atoms with Crippen molar-refractivity contribution in [1.29, 1.82) is 0 Å². The third-order valence-corrected chi connectivity index (χ3v) is 4.63. The van der Waals surface area contributed by atoms with Crippen molar-refractivity contribution in [3.05, 3.63) is 35.4 Å². The van der Waals surface area contributed by atoms with Gasteiger partial charge in [0.2, 0.25) is 0 Å². The minimum Gasteiger partial charge on any atom is -0.379 e. The summed E-state index contributed by atoms with van der Waals surface area (Å²) in [5, 5.41) is 3.71. The summed E-state index contributed by atoms with van der Waals surface area (Å²) in [5.41, 5.74) is 2.88. The number of benzene rings is 1. The summed E-state index contributed by atoms with van der Waals surface area (Å²) in [5.74, 6) is 0. The van der Waals surface area contributed by atoms with Crippen molar-refractivity contribution in [3.8, 4) is 0 Å². The highest BCUT2D eigenvalue weighted by atomic mass is 16.5. The van der Waals surface area contributed by atoms with Gasteiger partial charge in [-0.25, -0.2) is 0 Å². The first kappa shape index (κ1) is 16.5. The van der Waals surface area contributed by atoms with Gasteiger partial charge < -0.3 is 10.1 Å². The van der Waals surface area contributed by atoms with Crippen molar-refractivity contribution in [2.45, 2.75) is 45.7 Å². The lowest BCUT2D eigenvalue weighted by atomic mass is 9.85. The highest BCUT2D eigenvalue weighted by molar-refractivity contribution is 5.28. The maximum atomic E-state index is 5.51. The fourth-order valence-corrected chi connectivity index (χ4v) is 3.29. The highest BCUT2D eigenvalue weighted by Crippen LogP contribution is 2.32. The van der Waals surface area contributed by atoms with E-state index in [0.717, 1.165) is 39.3 Å². The first-order chi connectivity index (χ1) is 10.1. The Labute approximate surface area is 129 Å². The Morgan fingerprint density at radius 1 is 1.24 bits per heavy atom. The lowest BCUT2D eigenvalue weighted by molar-refractivity contribution is -0.0236. The van der Waals surface area contributed by atoms with Crippen LogP contribution in [0.15, 0.2) is 24.3 Å². The summed E-state index contributed by atoms with van der Waals surface area (Å²) < 4.78 is 5.51. The fourth-order valence-electron chi connectivity index (χ4n) is 3.29. The molecule has 0 aliphatic carbocycles. The Kier molecular flexibility index (Phi) is 5.80. The second-order valence-corrected chi connectivity index (χ2v) is 6.34. The van der Waals surface area contributed by atoms with Gasteiger partial charge in [-0.1, -0.05) is 38.1 Å². The first-order valence-electron chi connectivity index (χ1n) is 8.24. The SMILES string of the molecule is CCNC(c1cccc(CC)c1)C(C)(C)N1CCOCC1. The molecule has 0 bridgehead atoms. The monoisotopic (exact) mass is 290 g/mol. The van der Waals surface area contributed by atoms with Gasteiger partial charge in [-0.05, 0) is 37.9 Å². The predicted octanol–water partition coefficient (Wildman–Crippen LogP) is 3.01. The number of nitrogens with zero attached hydrogens (tertiary/aromatic N) is 1. The minimum atomic E-state index is 0.0756. The van der Waals surface area contributed by atoms with Crippen LogP contribution in [0, 0.1) is 0 Å². The summed E-state index contributed by atoms with van der Waals surface area (Å²) in [4.78, 5) is 2.56. The van der Waals surface area contributed by atoms with E-state index in [0.29, 0.717) is 6.04 Å². The van der Waals surface area contributed by atoms with E-state index in [1.54, 1.807) is 0 Å². The van der Waals surface area contributed by atoms with Gasteiger partial charge in [0, 0.05) is 18.6 Å². The van der Waals surface area contributed by atoms with E-state index < -0.39 is 0 Å². The molecular weight excluding hydrogens is 260 g/mol. The number of aryl methyl sites for hydroxylation is 1. The van der Waals surface area contributed by atoms with Gasteiger partial charge >= 0.3 is 0 Å². The van der Waals surface area contributed by atoms with E-state index in [1.807, 2.05) is 0 Å². The van der Waals surface area contributed by atoms with Gasteiger partial charge in [0.25, 0.3) is 0 Å². The van der Waals surface area contributed by atoms with E-state index in [-0.39, 0.29) is 5.54 Å². The van der Waals surface area contributed by atoms with Crippen LogP contribution in [0.1, 0.15) is 44.9 Å². The number of ether oxygens (including phenoxy) is 1. The molecule has 0 saturated carbocycles. The highest BCUT2D eigenvalue weighted by Gasteiger charge is 2.36.